The summed E-state index contributed by atoms with van der Waals surface area (Å²) in [4.78, 5) is 11.1. The molecule has 0 saturated carbocycles. The SMILES string of the molecule is Cc1cc(-n2ccc(C(N)=O)n2)ccc1CNC(C)(C)C. The van der Waals surface area contributed by atoms with Gasteiger partial charge >= 0.3 is 0 Å². The van der Waals surface area contributed by atoms with E-state index in [0.717, 1.165) is 12.2 Å². The van der Waals surface area contributed by atoms with E-state index < -0.39 is 5.91 Å². The number of nitrogens with zero attached hydrogens (tertiary/aromatic N) is 2. The van der Waals surface area contributed by atoms with Crippen molar-refractivity contribution >= 4 is 5.91 Å². The number of amides is 1. The normalized spacial score (nSPS) is 11.6. The minimum Gasteiger partial charge on any atom is -0.364 e. The minimum atomic E-state index is -0.517. The van der Waals surface area contributed by atoms with Gasteiger partial charge in [-0.05, 0) is 57.0 Å². The van der Waals surface area contributed by atoms with E-state index >= 15 is 0 Å². The Balaban J connectivity index is 2.20. The standard InChI is InChI=1S/C16H22N4O/c1-11-9-13(20-8-7-14(19-20)15(17)21)6-5-12(11)10-18-16(2,3)4/h5-9,18H,10H2,1-4H3,(H2,17,21). The molecule has 3 N–H and O–H groups in total. The first kappa shape index (κ1) is 15.3. The number of carbonyl (C=O) groups excluding carboxylic acids is 1. The summed E-state index contributed by atoms with van der Waals surface area (Å²) in [5.41, 5.74) is 8.92. The first-order chi connectivity index (χ1) is 9.76. The monoisotopic (exact) mass is 286 g/mol. The molecule has 0 aliphatic rings. The van der Waals surface area contributed by atoms with Crippen LogP contribution in [0, 0.1) is 6.92 Å². The van der Waals surface area contributed by atoms with E-state index in [1.54, 1.807) is 16.9 Å². The van der Waals surface area contributed by atoms with Crippen LogP contribution < -0.4 is 11.1 Å². The maximum Gasteiger partial charge on any atom is 0.269 e. The fraction of sp³-hybridized carbons (Fsp3) is 0.375. The summed E-state index contributed by atoms with van der Waals surface area (Å²) >= 11 is 0. The molecule has 112 valence electrons. The molecule has 2 aromatic rings. The van der Waals surface area contributed by atoms with E-state index in [2.05, 4.69) is 50.2 Å². The zero-order chi connectivity index (χ0) is 15.6. The van der Waals surface area contributed by atoms with Crippen LogP contribution in [0.5, 0.6) is 0 Å². The Labute approximate surface area is 125 Å². The van der Waals surface area contributed by atoms with Gasteiger partial charge in [-0.25, -0.2) is 4.68 Å². The van der Waals surface area contributed by atoms with Crippen molar-refractivity contribution in [1.29, 1.82) is 0 Å². The van der Waals surface area contributed by atoms with Crippen molar-refractivity contribution in [2.75, 3.05) is 0 Å². The van der Waals surface area contributed by atoms with Crippen LogP contribution in [0.4, 0.5) is 0 Å². The number of hydrogen-bond donors (Lipinski definition) is 2. The van der Waals surface area contributed by atoms with Crippen LogP contribution in [-0.2, 0) is 6.54 Å². The summed E-state index contributed by atoms with van der Waals surface area (Å²) in [5.74, 6) is -0.517. The lowest BCUT2D eigenvalue weighted by Crippen LogP contribution is -2.35. The highest BCUT2D eigenvalue weighted by atomic mass is 16.1. The van der Waals surface area contributed by atoms with E-state index in [4.69, 9.17) is 5.73 Å². The van der Waals surface area contributed by atoms with Crippen molar-refractivity contribution in [3.63, 3.8) is 0 Å². The molecule has 0 aliphatic heterocycles. The summed E-state index contributed by atoms with van der Waals surface area (Å²) < 4.78 is 1.66. The summed E-state index contributed by atoms with van der Waals surface area (Å²) in [6, 6.07) is 7.74. The van der Waals surface area contributed by atoms with Crippen LogP contribution in [0.1, 0.15) is 42.4 Å². The van der Waals surface area contributed by atoms with Gasteiger partial charge in [-0.2, -0.15) is 5.10 Å². The maximum absolute atomic E-state index is 11.1. The Morgan fingerprint density at radius 3 is 2.57 bits per heavy atom. The molecule has 5 nitrogen and oxygen atoms in total. The topological polar surface area (TPSA) is 72.9 Å². The van der Waals surface area contributed by atoms with Crippen LogP contribution >= 0.6 is 0 Å². The van der Waals surface area contributed by atoms with Gasteiger partial charge in [0.05, 0.1) is 5.69 Å². The predicted octanol–water partition coefficient (Wildman–Crippen LogP) is 2.17. The molecule has 0 fully saturated rings. The van der Waals surface area contributed by atoms with E-state index in [-0.39, 0.29) is 11.2 Å². The largest absolute Gasteiger partial charge is 0.364 e. The van der Waals surface area contributed by atoms with Gasteiger partial charge in [0.15, 0.2) is 0 Å². The molecule has 0 unspecified atom stereocenters. The molecule has 1 aromatic carbocycles. The van der Waals surface area contributed by atoms with Gasteiger partial charge in [-0.3, -0.25) is 4.79 Å². The molecule has 0 aliphatic carbocycles. The molecule has 1 aromatic heterocycles. The van der Waals surface area contributed by atoms with Crippen molar-refractivity contribution in [2.45, 2.75) is 39.8 Å². The average Bonchev–Trinajstić information content (AvgIpc) is 2.85. The molecule has 1 heterocycles. The van der Waals surface area contributed by atoms with Crippen molar-refractivity contribution in [3.05, 3.63) is 47.3 Å². The van der Waals surface area contributed by atoms with Crippen LogP contribution in [0.3, 0.4) is 0 Å². The van der Waals surface area contributed by atoms with Gasteiger partial charge in [0.2, 0.25) is 0 Å². The minimum absolute atomic E-state index is 0.0868. The lowest BCUT2D eigenvalue weighted by Gasteiger charge is -2.21. The van der Waals surface area contributed by atoms with E-state index in [9.17, 15) is 4.79 Å². The zero-order valence-corrected chi connectivity index (χ0v) is 13.0. The second-order valence-electron chi connectivity index (χ2n) is 6.22. The Bertz CT molecular complexity index is 653. The van der Waals surface area contributed by atoms with Gasteiger partial charge in [0.1, 0.15) is 5.69 Å². The number of nitrogens with one attached hydrogen (secondary N) is 1. The molecule has 0 spiro atoms. The van der Waals surface area contributed by atoms with Crippen LogP contribution in [-0.4, -0.2) is 21.2 Å². The highest BCUT2D eigenvalue weighted by Gasteiger charge is 2.10. The van der Waals surface area contributed by atoms with Crippen molar-refractivity contribution < 1.29 is 4.79 Å². The first-order valence-corrected chi connectivity index (χ1v) is 6.97. The quantitative estimate of drug-likeness (QED) is 0.904. The maximum atomic E-state index is 11.1. The summed E-state index contributed by atoms with van der Waals surface area (Å²) in [5, 5.41) is 7.64. The molecule has 2 rings (SSSR count). The van der Waals surface area contributed by atoms with Gasteiger partial charge in [-0.1, -0.05) is 6.07 Å². The lowest BCUT2D eigenvalue weighted by atomic mass is 10.0. The Morgan fingerprint density at radius 2 is 2.05 bits per heavy atom. The number of benzene rings is 1. The van der Waals surface area contributed by atoms with Crippen LogP contribution in [0.2, 0.25) is 0 Å². The second-order valence-corrected chi connectivity index (χ2v) is 6.22. The third kappa shape index (κ3) is 3.92. The van der Waals surface area contributed by atoms with E-state index in [1.807, 2.05) is 6.07 Å². The molecule has 1 amide bonds. The van der Waals surface area contributed by atoms with E-state index in [1.165, 1.54) is 11.1 Å². The number of primary amides is 1. The molecule has 0 bridgehead atoms. The summed E-state index contributed by atoms with van der Waals surface area (Å²) in [6.07, 6.45) is 1.74. The van der Waals surface area contributed by atoms with E-state index in [0.29, 0.717) is 0 Å². The fourth-order valence-corrected chi connectivity index (χ4v) is 1.98. The third-order valence-corrected chi connectivity index (χ3v) is 3.24. The molecular weight excluding hydrogens is 264 g/mol. The molecule has 5 heteroatoms. The lowest BCUT2D eigenvalue weighted by molar-refractivity contribution is 0.0995. The van der Waals surface area contributed by atoms with Crippen LogP contribution in [0.15, 0.2) is 30.5 Å². The highest BCUT2D eigenvalue weighted by molar-refractivity contribution is 5.90. The van der Waals surface area contributed by atoms with Gasteiger partial charge in [-0.15, -0.1) is 0 Å². The number of nitrogens with two attached hydrogens (primary N) is 1. The Hall–Kier alpha value is -2.14. The summed E-state index contributed by atoms with van der Waals surface area (Å²) in [7, 11) is 0. The van der Waals surface area contributed by atoms with Crippen LogP contribution in [0.25, 0.3) is 5.69 Å². The molecule has 0 atom stereocenters. The molecule has 0 radical (unpaired) electrons. The summed E-state index contributed by atoms with van der Waals surface area (Å²) in [6.45, 7) is 9.33. The fourth-order valence-electron chi connectivity index (χ4n) is 1.98. The first-order valence-electron chi connectivity index (χ1n) is 6.97. The number of rotatable bonds is 4. The highest BCUT2D eigenvalue weighted by Crippen LogP contribution is 2.15. The number of hydrogen-bond acceptors (Lipinski definition) is 3. The smallest absolute Gasteiger partial charge is 0.269 e. The average molecular weight is 286 g/mol. The molecular formula is C16H22N4O. The predicted molar refractivity (Wildman–Crippen MR) is 83.4 cm³/mol. The van der Waals surface area contributed by atoms with Crippen molar-refractivity contribution in [1.82, 2.24) is 15.1 Å². The second kappa shape index (κ2) is 5.69. The molecule has 21 heavy (non-hydrogen) atoms. The van der Waals surface area contributed by atoms with Crippen molar-refractivity contribution in [2.24, 2.45) is 5.73 Å². The number of carbonyl (C=O) groups is 1. The van der Waals surface area contributed by atoms with Gasteiger partial charge in [0.25, 0.3) is 5.91 Å². The van der Waals surface area contributed by atoms with Gasteiger partial charge in [0, 0.05) is 18.3 Å². The third-order valence-electron chi connectivity index (χ3n) is 3.24. The number of aromatic nitrogens is 2. The molecule has 0 saturated heterocycles. The van der Waals surface area contributed by atoms with Crippen molar-refractivity contribution in [3.8, 4) is 5.69 Å². The Kier molecular flexibility index (Phi) is 4.14. The van der Waals surface area contributed by atoms with Gasteiger partial charge < -0.3 is 11.1 Å². The number of aryl methyl sites for hydroxylation is 1. The Morgan fingerprint density at radius 1 is 1.33 bits per heavy atom. The zero-order valence-electron chi connectivity index (χ0n) is 13.0.